The predicted octanol–water partition coefficient (Wildman–Crippen LogP) is 10.9. The maximum absolute atomic E-state index is 12.5. The third-order valence-corrected chi connectivity index (χ3v) is 12.7. The van der Waals surface area contributed by atoms with E-state index in [1.54, 1.807) is 18.5 Å². The molecule has 8 aromatic rings. The number of aryl methyl sites for hydroxylation is 1. The normalized spacial score (nSPS) is 15.0. The lowest BCUT2D eigenvalue weighted by molar-refractivity contribution is 0.0365. The number of anilines is 2. The number of carbonyl (C=O) groups is 2. The molecule has 2 aliphatic carbocycles. The van der Waals surface area contributed by atoms with E-state index >= 15 is 0 Å². The Bertz CT molecular complexity index is 3020. The van der Waals surface area contributed by atoms with Crippen molar-refractivity contribution in [3.05, 3.63) is 131 Å². The molecular formula is C53H57ClN12O4. The van der Waals surface area contributed by atoms with Gasteiger partial charge in [0.2, 0.25) is 0 Å². The monoisotopic (exact) mass is 960 g/mol. The van der Waals surface area contributed by atoms with Crippen LogP contribution < -0.4 is 22.1 Å². The van der Waals surface area contributed by atoms with E-state index in [1.165, 1.54) is 0 Å². The van der Waals surface area contributed by atoms with E-state index in [-0.39, 0.29) is 0 Å². The lowest BCUT2D eigenvalue weighted by Crippen LogP contribution is -2.52. The molecule has 0 radical (unpaired) electrons. The zero-order valence-electron chi connectivity index (χ0n) is 40.4. The van der Waals surface area contributed by atoms with Crippen LogP contribution in [0.4, 0.5) is 21.2 Å². The average Bonchev–Trinajstić information content (AvgIpc) is 3.84. The van der Waals surface area contributed by atoms with Gasteiger partial charge in [-0.2, -0.15) is 0 Å². The Labute approximate surface area is 411 Å². The number of aromatic nitrogens is 8. The zero-order valence-corrected chi connectivity index (χ0v) is 41.1. The van der Waals surface area contributed by atoms with Gasteiger partial charge in [-0.25, -0.2) is 39.5 Å². The van der Waals surface area contributed by atoms with E-state index in [9.17, 15) is 9.59 Å². The van der Waals surface area contributed by atoms with Crippen LogP contribution in [0.25, 0.3) is 56.5 Å². The smallest absolute Gasteiger partial charge is 0.408 e. The van der Waals surface area contributed by atoms with Crippen LogP contribution >= 0.6 is 11.6 Å². The second-order valence-corrected chi connectivity index (χ2v) is 20.3. The number of benzene rings is 2. The Morgan fingerprint density at radius 2 is 1.00 bits per heavy atom. The highest BCUT2D eigenvalue weighted by atomic mass is 35.5. The number of carbonyl (C=O) groups excluding carboxylic acids is 2. The summed E-state index contributed by atoms with van der Waals surface area (Å²) in [5, 5.41) is 6.60. The summed E-state index contributed by atoms with van der Waals surface area (Å²) in [4.78, 5) is 52.4. The molecule has 2 saturated carbocycles. The molecule has 2 aliphatic rings. The molecule has 2 fully saturated rings. The predicted molar refractivity (Wildman–Crippen MR) is 273 cm³/mol. The summed E-state index contributed by atoms with van der Waals surface area (Å²) in [5.41, 5.74) is 19.5. The van der Waals surface area contributed by atoms with Crippen molar-refractivity contribution in [2.45, 2.75) is 109 Å². The number of nitrogens with one attached hydrogen (secondary N) is 2. The van der Waals surface area contributed by atoms with Gasteiger partial charge in [0.25, 0.3) is 0 Å². The van der Waals surface area contributed by atoms with Gasteiger partial charge in [-0.15, -0.1) is 0 Å². The number of pyridine rings is 4. The van der Waals surface area contributed by atoms with Gasteiger partial charge in [-0.05, 0) is 171 Å². The highest BCUT2D eigenvalue weighted by molar-refractivity contribution is 6.29. The molecule has 0 saturated heterocycles. The fraction of sp³-hybridized carbons (Fsp3) is 0.321. The quantitative estimate of drug-likeness (QED) is 0.105. The molecule has 6 aromatic heterocycles. The molecule has 17 heteroatoms. The second kappa shape index (κ2) is 18.4. The number of amides is 2. The molecule has 360 valence electrons. The van der Waals surface area contributed by atoms with Gasteiger partial charge < -0.3 is 31.6 Å². The molecule has 0 spiro atoms. The Hall–Kier alpha value is -7.59. The van der Waals surface area contributed by atoms with E-state index in [1.807, 2.05) is 136 Å². The molecule has 2 aromatic carbocycles. The van der Waals surface area contributed by atoms with E-state index in [0.717, 1.165) is 83.4 Å². The van der Waals surface area contributed by atoms with Gasteiger partial charge in [0.15, 0.2) is 22.9 Å². The fourth-order valence-corrected chi connectivity index (χ4v) is 9.08. The number of halogens is 1. The van der Waals surface area contributed by atoms with Crippen molar-refractivity contribution in [1.29, 1.82) is 0 Å². The molecule has 16 nitrogen and oxygen atoms in total. The molecule has 10 rings (SSSR count). The van der Waals surface area contributed by atoms with Crippen LogP contribution in [-0.2, 0) is 20.6 Å². The molecule has 0 aliphatic heterocycles. The number of nitrogens with zero attached hydrogens (tertiary/aromatic N) is 8. The van der Waals surface area contributed by atoms with Crippen LogP contribution in [0, 0.1) is 6.92 Å². The van der Waals surface area contributed by atoms with Gasteiger partial charge in [-0.3, -0.25) is 9.13 Å². The summed E-state index contributed by atoms with van der Waals surface area (Å²) >= 11 is 6.23. The summed E-state index contributed by atoms with van der Waals surface area (Å²) in [6.07, 6.45) is 8.06. The third-order valence-electron chi connectivity index (χ3n) is 12.5. The van der Waals surface area contributed by atoms with Crippen molar-refractivity contribution >= 4 is 57.8 Å². The SMILES string of the molecule is CC(C)(C)OC(=O)NC1(c2ccc(-n3c(-c4cccnc4N)nc4ccc(Cl)nc43)cc2)CCC1.Cc1ccc2nc(-c3cccnc3N)n(-c3ccc(C4(NC(=O)OC(C)(C)C)CCC4)cc3)c2n1. The number of alkyl carbamates (subject to hydrolysis) is 2. The Balaban J connectivity index is 0.000000174. The third kappa shape index (κ3) is 9.68. The largest absolute Gasteiger partial charge is 0.444 e. The standard InChI is InChI=1S/C27H30N6O2.C26H27ClN6O2/c1-17-8-13-21-24(30-17)33(23(31-21)20-7-5-16-29-22(20)28)19-11-9-18(10-12-19)27(14-6-15-27)32-25(34)35-26(2,3)4;1-25(2,3)35-24(34)32-26(13-5-14-26)16-7-9-17(10-8-16)33-22(18-6-4-15-29-21(18)28)30-19-11-12-20(27)31-23(19)33/h5,7-13,16H,6,14-15H2,1-4H3,(H2,28,29)(H,32,34);4,6-12,15H,5,13-14H2,1-3H3,(H2,28,29)(H,32,34). The van der Waals surface area contributed by atoms with E-state index < -0.39 is 34.5 Å². The summed E-state index contributed by atoms with van der Waals surface area (Å²) < 4.78 is 15.0. The first-order valence-corrected chi connectivity index (χ1v) is 23.8. The molecule has 70 heavy (non-hydrogen) atoms. The first-order chi connectivity index (χ1) is 33.3. The molecule has 0 bridgehead atoms. The van der Waals surface area contributed by atoms with Crippen molar-refractivity contribution < 1.29 is 19.1 Å². The number of ether oxygens (including phenoxy) is 2. The highest BCUT2D eigenvalue weighted by Crippen LogP contribution is 2.44. The first-order valence-electron chi connectivity index (χ1n) is 23.4. The van der Waals surface area contributed by atoms with E-state index in [0.29, 0.717) is 45.2 Å². The van der Waals surface area contributed by atoms with Crippen LogP contribution in [0.3, 0.4) is 0 Å². The minimum atomic E-state index is -0.555. The highest BCUT2D eigenvalue weighted by Gasteiger charge is 2.42. The average molecular weight is 962 g/mol. The Morgan fingerprint density at radius 3 is 1.39 bits per heavy atom. The number of hydrogen-bond acceptors (Lipinski definition) is 12. The Kier molecular flexibility index (Phi) is 12.5. The summed E-state index contributed by atoms with van der Waals surface area (Å²) in [6, 6.07) is 31.1. The van der Waals surface area contributed by atoms with Gasteiger partial charge >= 0.3 is 12.2 Å². The van der Waals surface area contributed by atoms with Gasteiger partial charge in [-0.1, -0.05) is 35.9 Å². The minimum Gasteiger partial charge on any atom is -0.444 e. The summed E-state index contributed by atoms with van der Waals surface area (Å²) in [5.74, 6) is 2.09. The number of nitrogens with two attached hydrogens (primary N) is 2. The molecule has 0 unspecified atom stereocenters. The molecule has 2 amide bonds. The number of rotatable bonds is 8. The Morgan fingerprint density at radius 1 is 0.586 bits per heavy atom. The first kappa shape index (κ1) is 47.5. The van der Waals surface area contributed by atoms with Gasteiger partial charge in [0.1, 0.15) is 39.0 Å². The van der Waals surface area contributed by atoms with Crippen molar-refractivity contribution in [2.75, 3.05) is 11.5 Å². The number of nitrogen functional groups attached to an aromatic ring is 2. The van der Waals surface area contributed by atoms with Gasteiger partial charge in [0.05, 0.1) is 22.2 Å². The fourth-order valence-electron chi connectivity index (χ4n) is 8.94. The maximum atomic E-state index is 12.5. The van der Waals surface area contributed by atoms with E-state index in [2.05, 4.69) is 37.7 Å². The lowest BCUT2D eigenvalue weighted by atomic mass is 9.72. The molecule has 6 N–H and O–H groups in total. The topological polar surface area (TPSA) is 216 Å². The molecule has 6 heterocycles. The zero-order chi connectivity index (χ0) is 49.6. The number of imidazole rings is 2. The van der Waals surface area contributed by atoms with Crippen LogP contribution in [0.1, 0.15) is 96.9 Å². The van der Waals surface area contributed by atoms with Gasteiger partial charge in [0, 0.05) is 29.5 Å². The summed E-state index contributed by atoms with van der Waals surface area (Å²) in [6.45, 7) is 13.1. The van der Waals surface area contributed by atoms with Crippen molar-refractivity contribution in [3.63, 3.8) is 0 Å². The molecular weight excluding hydrogens is 904 g/mol. The van der Waals surface area contributed by atoms with Crippen molar-refractivity contribution in [3.8, 4) is 34.2 Å². The molecule has 0 atom stereocenters. The van der Waals surface area contributed by atoms with Crippen LogP contribution in [0.15, 0.2) is 109 Å². The maximum Gasteiger partial charge on any atom is 0.408 e. The van der Waals surface area contributed by atoms with Crippen LogP contribution in [-0.4, -0.2) is 62.4 Å². The lowest BCUT2D eigenvalue weighted by Gasteiger charge is -2.43. The van der Waals surface area contributed by atoms with Crippen LogP contribution in [0.2, 0.25) is 5.15 Å². The minimum absolute atomic E-state index is 0.371. The van der Waals surface area contributed by atoms with E-state index in [4.69, 9.17) is 47.5 Å². The number of fused-ring (bicyclic) bond motifs is 2. The second-order valence-electron chi connectivity index (χ2n) is 19.9. The summed E-state index contributed by atoms with van der Waals surface area (Å²) in [7, 11) is 0. The van der Waals surface area contributed by atoms with Crippen molar-refractivity contribution in [2.24, 2.45) is 0 Å². The van der Waals surface area contributed by atoms with Crippen LogP contribution in [0.5, 0.6) is 0 Å². The van der Waals surface area contributed by atoms with Crippen molar-refractivity contribution in [1.82, 2.24) is 49.7 Å². The number of hydrogen-bond donors (Lipinski definition) is 4.